The highest BCUT2D eigenvalue weighted by Gasteiger charge is 2.30. The first-order valence-electron chi connectivity index (χ1n) is 10.3. The normalized spacial score (nSPS) is 16.4. The van der Waals surface area contributed by atoms with E-state index in [0.717, 1.165) is 11.3 Å². The number of piperazine rings is 1. The Hall–Kier alpha value is -3.10. The van der Waals surface area contributed by atoms with Gasteiger partial charge in [0.25, 0.3) is 0 Å². The fourth-order valence-electron chi connectivity index (χ4n) is 3.76. The van der Waals surface area contributed by atoms with Crippen molar-refractivity contribution in [3.8, 4) is 5.75 Å². The van der Waals surface area contributed by atoms with Crippen LogP contribution in [0.1, 0.15) is 25.5 Å². The second kappa shape index (κ2) is 10.5. The highest BCUT2D eigenvalue weighted by molar-refractivity contribution is 6.34. The molecule has 8 nitrogen and oxygen atoms in total. The molecule has 1 saturated heterocycles. The van der Waals surface area contributed by atoms with Gasteiger partial charge < -0.3 is 20.3 Å². The number of carbonyl (C=O) groups is 3. The molecule has 0 radical (unpaired) electrons. The Morgan fingerprint density at radius 3 is 2.38 bits per heavy atom. The van der Waals surface area contributed by atoms with E-state index in [4.69, 9.17) is 16.3 Å². The lowest BCUT2D eigenvalue weighted by molar-refractivity contribution is -0.134. The lowest BCUT2D eigenvalue weighted by Gasteiger charge is -2.41. The predicted octanol–water partition coefficient (Wildman–Crippen LogP) is 3.15. The predicted molar refractivity (Wildman–Crippen MR) is 124 cm³/mol. The molecular formula is C23H27ClN4O4. The second-order valence-corrected chi connectivity index (χ2v) is 8.07. The van der Waals surface area contributed by atoms with Crippen LogP contribution in [0.15, 0.2) is 42.5 Å². The van der Waals surface area contributed by atoms with Gasteiger partial charge in [-0.3, -0.25) is 19.3 Å². The molecular weight excluding hydrogens is 432 g/mol. The maximum Gasteiger partial charge on any atom is 0.238 e. The first-order chi connectivity index (χ1) is 15.3. The number of amides is 3. The van der Waals surface area contributed by atoms with Crippen LogP contribution in [0.25, 0.3) is 0 Å². The first kappa shape index (κ1) is 23.6. The quantitative estimate of drug-likeness (QED) is 0.694. The molecule has 2 aromatic carbocycles. The Kier molecular flexibility index (Phi) is 7.71. The van der Waals surface area contributed by atoms with Crippen LogP contribution in [0.4, 0.5) is 11.4 Å². The van der Waals surface area contributed by atoms with E-state index in [0.29, 0.717) is 36.0 Å². The van der Waals surface area contributed by atoms with Crippen molar-refractivity contribution in [3.05, 3.63) is 53.1 Å². The molecule has 0 aliphatic carbocycles. The molecule has 1 atom stereocenters. The monoisotopic (exact) mass is 458 g/mol. The highest BCUT2D eigenvalue weighted by Crippen LogP contribution is 2.28. The zero-order chi connectivity index (χ0) is 23.3. The van der Waals surface area contributed by atoms with Crippen molar-refractivity contribution in [2.24, 2.45) is 0 Å². The molecule has 0 bridgehead atoms. The summed E-state index contributed by atoms with van der Waals surface area (Å²) < 4.78 is 5.22. The number of nitrogens with zero attached hydrogens (tertiary/aromatic N) is 2. The summed E-state index contributed by atoms with van der Waals surface area (Å²) in [5.41, 5.74) is 2.02. The Morgan fingerprint density at radius 2 is 1.78 bits per heavy atom. The minimum absolute atomic E-state index is 0.000890. The van der Waals surface area contributed by atoms with E-state index >= 15 is 0 Å². The van der Waals surface area contributed by atoms with E-state index in [-0.39, 0.29) is 30.3 Å². The van der Waals surface area contributed by atoms with Crippen molar-refractivity contribution in [1.82, 2.24) is 9.80 Å². The van der Waals surface area contributed by atoms with Crippen LogP contribution in [0.3, 0.4) is 0 Å². The molecule has 2 N–H and O–H groups in total. The number of hydrogen-bond donors (Lipinski definition) is 2. The minimum atomic E-state index is -0.205. The Morgan fingerprint density at radius 1 is 1.06 bits per heavy atom. The number of nitrogens with one attached hydrogen (secondary N) is 2. The van der Waals surface area contributed by atoms with Gasteiger partial charge in [0.15, 0.2) is 0 Å². The molecule has 0 unspecified atom stereocenters. The van der Waals surface area contributed by atoms with Crippen molar-refractivity contribution in [2.45, 2.75) is 19.9 Å². The molecule has 1 aliphatic rings. The number of halogens is 1. The zero-order valence-corrected chi connectivity index (χ0v) is 19.1. The third-order valence-electron chi connectivity index (χ3n) is 5.30. The van der Waals surface area contributed by atoms with Crippen LogP contribution in [-0.4, -0.2) is 60.8 Å². The van der Waals surface area contributed by atoms with Gasteiger partial charge in [0.05, 0.1) is 30.4 Å². The average Bonchev–Trinajstić information content (AvgIpc) is 2.75. The van der Waals surface area contributed by atoms with Gasteiger partial charge in [0.1, 0.15) is 5.75 Å². The van der Waals surface area contributed by atoms with E-state index in [1.807, 2.05) is 34.1 Å². The maximum absolute atomic E-state index is 12.7. The zero-order valence-electron chi connectivity index (χ0n) is 18.4. The largest absolute Gasteiger partial charge is 0.497 e. The van der Waals surface area contributed by atoms with E-state index in [2.05, 4.69) is 10.6 Å². The molecule has 0 spiro atoms. The van der Waals surface area contributed by atoms with Gasteiger partial charge in [-0.2, -0.15) is 0 Å². The maximum atomic E-state index is 12.7. The molecule has 2 aromatic rings. The van der Waals surface area contributed by atoms with Crippen molar-refractivity contribution in [1.29, 1.82) is 0 Å². The molecule has 1 aliphatic heterocycles. The van der Waals surface area contributed by atoms with Gasteiger partial charge in [-0.05, 0) is 35.9 Å². The van der Waals surface area contributed by atoms with E-state index in [1.165, 1.54) is 6.92 Å². The fraction of sp³-hybridized carbons (Fsp3) is 0.348. The van der Waals surface area contributed by atoms with Crippen LogP contribution in [0.5, 0.6) is 5.75 Å². The number of rotatable bonds is 6. The molecule has 0 saturated carbocycles. The molecule has 0 aromatic heterocycles. The van der Waals surface area contributed by atoms with E-state index < -0.39 is 0 Å². The van der Waals surface area contributed by atoms with Gasteiger partial charge in [-0.15, -0.1) is 0 Å². The molecule has 1 fully saturated rings. The summed E-state index contributed by atoms with van der Waals surface area (Å²) in [4.78, 5) is 39.8. The molecule has 9 heteroatoms. The number of hydrogen-bond acceptors (Lipinski definition) is 5. The highest BCUT2D eigenvalue weighted by atomic mass is 35.5. The van der Waals surface area contributed by atoms with Gasteiger partial charge in [-0.1, -0.05) is 23.7 Å². The lowest BCUT2D eigenvalue weighted by atomic mass is 10.0. The summed E-state index contributed by atoms with van der Waals surface area (Å²) in [7, 11) is 1.61. The van der Waals surface area contributed by atoms with E-state index in [9.17, 15) is 14.4 Å². The Bertz CT molecular complexity index is 996. The minimum Gasteiger partial charge on any atom is -0.497 e. The van der Waals surface area contributed by atoms with Crippen LogP contribution in [-0.2, 0) is 14.4 Å². The summed E-state index contributed by atoms with van der Waals surface area (Å²) in [5.74, 6) is 0.343. The number of anilines is 2. The fourth-order valence-corrected chi connectivity index (χ4v) is 3.99. The lowest BCUT2D eigenvalue weighted by Crippen LogP contribution is -2.51. The number of methoxy groups -OCH3 is 1. The second-order valence-electron chi connectivity index (χ2n) is 7.66. The van der Waals surface area contributed by atoms with Gasteiger partial charge in [0.2, 0.25) is 17.7 Å². The smallest absolute Gasteiger partial charge is 0.238 e. The molecule has 1 heterocycles. The van der Waals surface area contributed by atoms with Crippen molar-refractivity contribution >= 4 is 40.7 Å². The molecule has 32 heavy (non-hydrogen) atoms. The van der Waals surface area contributed by atoms with Crippen molar-refractivity contribution < 1.29 is 19.1 Å². The summed E-state index contributed by atoms with van der Waals surface area (Å²) >= 11 is 6.25. The molecule has 170 valence electrons. The SMILES string of the molecule is COc1ccc([C@@H]2CN(CC(=O)Nc3ccc(NC(C)=O)cc3Cl)CCN2C(C)=O)cc1. The summed E-state index contributed by atoms with van der Waals surface area (Å²) in [6.07, 6.45) is 0. The van der Waals surface area contributed by atoms with Crippen LogP contribution < -0.4 is 15.4 Å². The third kappa shape index (κ3) is 5.99. The average molecular weight is 459 g/mol. The number of carbonyl (C=O) groups excluding carboxylic acids is 3. The summed E-state index contributed by atoms with van der Waals surface area (Å²) in [6.45, 7) is 4.80. The Balaban J connectivity index is 1.66. The first-order valence-corrected chi connectivity index (χ1v) is 10.6. The summed E-state index contributed by atoms with van der Waals surface area (Å²) in [5, 5.41) is 5.80. The van der Waals surface area contributed by atoms with Gasteiger partial charge >= 0.3 is 0 Å². The van der Waals surface area contributed by atoms with Crippen LogP contribution in [0.2, 0.25) is 5.02 Å². The summed E-state index contributed by atoms with van der Waals surface area (Å²) in [6, 6.07) is 12.4. The third-order valence-corrected chi connectivity index (χ3v) is 5.61. The molecule has 3 rings (SSSR count). The van der Waals surface area contributed by atoms with Crippen molar-refractivity contribution in [3.63, 3.8) is 0 Å². The number of benzene rings is 2. The van der Waals surface area contributed by atoms with Gasteiger partial charge in [-0.25, -0.2) is 0 Å². The van der Waals surface area contributed by atoms with Gasteiger partial charge in [0, 0.05) is 39.2 Å². The topological polar surface area (TPSA) is 91.0 Å². The van der Waals surface area contributed by atoms with Crippen molar-refractivity contribution in [2.75, 3.05) is 43.9 Å². The standard InChI is InChI=1S/C23H27ClN4O4/c1-15(29)25-18-6-9-21(20(24)12-18)26-23(31)14-27-10-11-28(16(2)30)22(13-27)17-4-7-19(32-3)8-5-17/h4-9,12,22H,10-11,13-14H2,1-3H3,(H,25,29)(H,26,31)/t22-/m0/s1. The van der Waals surface area contributed by atoms with Crippen LogP contribution >= 0.6 is 11.6 Å². The molecule has 3 amide bonds. The van der Waals surface area contributed by atoms with E-state index in [1.54, 1.807) is 32.2 Å². The Labute approximate surface area is 192 Å². The van der Waals surface area contributed by atoms with Crippen LogP contribution in [0, 0.1) is 0 Å². The number of ether oxygens (including phenoxy) is 1.